The zero-order valence-corrected chi connectivity index (χ0v) is 16.8. The summed E-state index contributed by atoms with van der Waals surface area (Å²) in [6.45, 7) is 1.68. The van der Waals surface area contributed by atoms with E-state index in [0.717, 1.165) is 28.5 Å². The van der Waals surface area contributed by atoms with E-state index in [-0.39, 0.29) is 5.56 Å². The highest BCUT2D eigenvalue weighted by Crippen LogP contribution is 2.35. The Hall–Kier alpha value is -2.73. The van der Waals surface area contributed by atoms with Gasteiger partial charge in [-0.25, -0.2) is 4.79 Å². The third-order valence-electron chi connectivity index (χ3n) is 4.29. The number of ether oxygens (including phenoxy) is 1. The second kappa shape index (κ2) is 8.33. The highest BCUT2D eigenvalue weighted by molar-refractivity contribution is 7.97. The van der Waals surface area contributed by atoms with Crippen LogP contribution >= 0.6 is 0 Å². The van der Waals surface area contributed by atoms with Gasteiger partial charge in [-0.1, -0.05) is 42.5 Å². The number of hydrogen-bond acceptors (Lipinski definition) is 2. The van der Waals surface area contributed by atoms with Gasteiger partial charge in [0.25, 0.3) is 0 Å². The zero-order valence-electron chi connectivity index (χ0n) is 15.9. The van der Waals surface area contributed by atoms with Crippen molar-refractivity contribution in [1.29, 1.82) is 0 Å². The van der Waals surface area contributed by atoms with Crippen molar-refractivity contribution in [1.82, 2.24) is 0 Å². The van der Waals surface area contributed by atoms with Crippen molar-refractivity contribution >= 4 is 16.9 Å². The minimum absolute atomic E-state index is 0.0872. The molecule has 3 aromatic rings. The summed E-state index contributed by atoms with van der Waals surface area (Å²) in [6.07, 6.45) is -4.65. The van der Waals surface area contributed by atoms with Crippen LogP contribution in [-0.4, -0.2) is 17.7 Å². The van der Waals surface area contributed by atoms with Crippen molar-refractivity contribution in [2.24, 2.45) is 0 Å². The quantitative estimate of drug-likeness (QED) is 0.361. The van der Waals surface area contributed by atoms with Gasteiger partial charge in [-0.15, -0.1) is 0 Å². The van der Waals surface area contributed by atoms with E-state index in [9.17, 15) is 18.0 Å². The molecule has 0 unspecified atom stereocenters. The van der Waals surface area contributed by atoms with Crippen LogP contribution in [0.4, 0.5) is 13.2 Å². The van der Waals surface area contributed by atoms with Crippen molar-refractivity contribution in [2.75, 3.05) is 0 Å². The Morgan fingerprint density at radius 1 is 0.759 bits per heavy atom. The summed E-state index contributed by atoms with van der Waals surface area (Å²) in [5.41, 5.74) is -2.48. The monoisotopic (exact) mass is 417 g/mol. The molecule has 0 aromatic heterocycles. The van der Waals surface area contributed by atoms with Crippen molar-refractivity contribution in [2.45, 2.75) is 40.3 Å². The molecule has 0 atom stereocenters. The van der Waals surface area contributed by atoms with E-state index in [4.69, 9.17) is 4.74 Å². The summed E-state index contributed by atoms with van der Waals surface area (Å²) < 4.78 is 44.0. The first-order valence-electron chi connectivity index (χ1n) is 8.93. The van der Waals surface area contributed by atoms with Gasteiger partial charge in [0.05, 0.1) is 16.5 Å². The smallest absolute Gasteiger partial charge is 0.427 e. The van der Waals surface area contributed by atoms with Gasteiger partial charge >= 0.3 is 12.1 Å². The Kier molecular flexibility index (Phi) is 6.03. The first kappa shape index (κ1) is 21.0. The van der Waals surface area contributed by atoms with Crippen molar-refractivity contribution < 1.29 is 22.7 Å². The minimum atomic E-state index is -4.65. The van der Waals surface area contributed by atoms with Crippen LogP contribution < -0.4 is 0 Å². The molecule has 0 radical (unpaired) electrons. The molecule has 2 nitrogen and oxygen atoms in total. The molecule has 0 saturated carbocycles. The average molecular weight is 417 g/mol. The molecule has 0 heterocycles. The molecule has 0 aliphatic rings. The van der Waals surface area contributed by atoms with Gasteiger partial charge in [-0.3, -0.25) is 0 Å². The van der Waals surface area contributed by atoms with Crippen LogP contribution in [0.25, 0.3) is 0 Å². The second-order valence-corrected chi connectivity index (χ2v) is 8.88. The van der Waals surface area contributed by atoms with Crippen molar-refractivity contribution in [3.8, 4) is 0 Å². The van der Waals surface area contributed by atoms with Gasteiger partial charge in [0.15, 0.2) is 14.7 Å². The third kappa shape index (κ3) is 4.82. The fraction of sp³-hybridized carbons (Fsp3) is 0.174. The molecule has 3 rings (SSSR count). The van der Waals surface area contributed by atoms with Crippen LogP contribution in [0.15, 0.2) is 99.6 Å². The standard InChI is InChI=1S/C23H20F3O2S/c1-22(2,23(24,25)26)28-21(27)17-10-9-15-20(16-17)29(18-11-5-3-6-12-18)19-13-7-4-8-14-19/h3-16H,1-2H3/q+1. The van der Waals surface area contributed by atoms with E-state index >= 15 is 0 Å². The van der Waals surface area contributed by atoms with E-state index in [1.807, 2.05) is 66.7 Å². The second-order valence-electron chi connectivity index (χ2n) is 6.86. The zero-order chi connectivity index (χ0) is 21.1. The van der Waals surface area contributed by atoms with Crippen LogP contribution in [0.1, 0.15) is 24.2 Å². The maximum atomic E-state index is 13.1. The van der Waals surface area contributed by atoms with Gasteiger partial charge in [-0.05, 0) is 50.2 Å². The Bertz CT molecular complexity index is 931. The normalized spacial score (nSPS) is 12.1. The van der Waals surface area contributed by atoms with Gasteiger partial charge in [-0.2, -0.15) is 13.2 Å². The van der Waals surface area contributed by atoms with Gasteiger partial charge < -0.3 is 4.74 Å². The van der Waals surface area contributed by atoms with Crippen LogP contribution in [0, 0.1) is 0 Å². The molecule has 150 valence electrons. The molecular formula is C23H20F3O2S+. The summed E-state index contributed by atoms with van der Waals surface area (Å²) >= 11 is 0. The molecule has 0 spiro atoms. The van der Waals surface area contributed by atoms with Crippen LogP contribution in [0.5, 0.6) is 0 Å². The summed E-state index contributed by atoms with van der Waals surface area (Å²) in [4.78, 5) is 15.3. The van der Waals surface area contributed by atoms with Crippen molar-refractivity contribution in [3.63, 3.8) is 0 Å². The van der Waals surface area contributed by atoms with E-state index in [1.54, 1.807) is 12.1 Å². The Morgan fingerprint density at radius 3 is 1.72 bits per heavy atom. The first-order valence-corrected chi connectivity index (χ1v) is 10.2. The van der Waals surface area contributed by atoms with E-state index in [0.29, 0.717) is 0 Å². The lowest BCUT2D eigenvalue weighted by atomic mass is 10.1. The fourth-order valence-corrected chi connectivity index (χ4v) is 4.75. The van der Waals surface area contributed by atoms with E-state index < -0.39 is 28.6 Å². The maximum Gasteiger partial charge on any atom is 0.427 e. The van der Waals surface area contributed by atoms with Crippen LogP contribution in [-0.2, 0) is 15.6 Å². The molecule has 0 fully saturated rings. The molecule has 0 bridgehead atoms. The molecule has 0 aliphatic heterocycles. The Morgan fingerprint density at radius 2 is 1.24 bits per heavy atom. The number of halogens is 3. The van der Waals surface area contributed by atoms with Gasteiger partial charge in [0.1, 0.15) is 0 Å². The maximum absolute atomic E-state index is 13.1. The Labute approximate surface area is 170 Å². The number of benzene rings is 3. The fourth-order valence-electron chi connectivity index (χ4n) is 2.62. The number of esters is 1. The predicted octanol–water partition coefficient (Wildman–Crippen LogP) is 6.28. The van der Waals surface area contributed by atoms with Crippen LogP contribution in [0.2, 0.25) is 0 Å². The van der Waals surface area contributed by atoms with E-state index in [1.165, 1.54) is 6.07 Å². The Balaban J connectivity index is 1.99. The molecular weight excluding hydrogens is 397 g/mol. The molecule has 29 heavy (non-hydrogen) atoms. The van der Waals surface area contributed by atoms with Crippen LogP contribution in [0.3, 0.4) is 0 Å². The molecule has 0 amide bonds. The summed E-state index contributed by atoms with van der Waals surface area (Å²) in [7, 11) is -0.512. The summed E-state index contributed by atoms with van der Waals surface area (Å²) in [6, 6.07) is 26.2. The number of hydrogen-bond donors (Lipinski definition) is 0. The number of carbonyl (C=O) groups is 1. The lowest BCUT2D eigenvalue weighted by Gasteiger charge is -2.27. The topological polar surface area (TPSA) is 26.3 Å². The average Bonchev–Trinajstić information content (AvgIpc) is 2.69. The number of carbonyl (C=O) groups excluding carboxylic acids is 1. The third-order valence-corrected chi connectivity index (χ3v) is 6.51. The van der Waals surface area contributed by atoms with Gasteiger partial charge in [0.2, 0.25) is 5.60 Å². The summed E-state index contributed by atoms with van der Waals surface area (Å²) in [5.74, 6) is -1.00. The predicted molar refractivity (Wildman–Crippen MR) is 107 cm³/mol. The summed E-state index contributed by atoms with van der Waals surface area (Å²) in [5, 5.41) is 0. The van der Waals surface area contributed by atoms with E-state index in [2.05, 4.69) is 0 Å². The van der Waals surface area contributed by atoms with Crippen molar-refractivity contribution in [3.05, 3.63) is 90.5 Å². The molecule has 0 N–H and O–H groups in total. The lowest BCUT2D eigenvalue weighted by molar-refractivity contribution is -0.244. The highest BCUT2D eigenvalue weighted by atomic mass is 32.2. The molecule has 3 aromatic carbocycles. The number of alkyl halides is 3. The SMILES string of the molecule is CC(C)(OC(=O)c1cccc([S+](c2ccccc2)c2ccccc2)c1)C(F)(F)F. The molecule has 0 saturated heterocycles. The largest absolute Gasteiger partial charge is 0.446 e. The lowest BCUT2D eigenvalue weighted by Crippen LogP contribution is -2.43. The van der Waals surface area contributed by atoms with Gasteiger partial charge in [0, 0.05) is 6.07 Å². The molecule has 6 heteroatoms. The minimum Gasteiger partial charge on any atom is -0.446 e. The highest BCUT2D eigenvalue weighted by Gasteiger charge is 2.51. The molecule has 0 aliphatic carbocycles. The number of rotatable bonds is 5. The first-order chi connectivity index (χ1) is 13.7.